The Morgan fingerprint density at radius 3 is 2.59 bits per heavy atom. The molecule has 2 heterocycles. The molecule has 3 aromatic carbocycles. The summed E-state index contributed by atoms with van der Waals surface area (Å²) < 4.78 is 2.95. The first kappa shape index (κ1) is 16.8. The molecule has 1 unspecified atom stereocenters. The predicted octanol–water partition coefficient (Wildman–Crippen LogP) is 6.34. The van der Waals surface area contributed by atoms with Gasteiger partial charge in [0.15, 0.2) is 9.81 Å². The second-order valence-electron chi connectivity index (χ2n) is 6.56. The van der Waals surface area contributed by atoms with Gasteiger partial charge in [0.05, 0.1) is 33.8 Å². The molecular weight excluding hydrogens is 468 g/mol. The van der Waals surface area contributed by atoms with Crippen LogP contribution < -0.4 is 10.2 Å². The summed E-state index contributed by atoms with van der Waals surface area (Å²) in [7, 11) is 0. The van der Waals surface area contributed by atoms with Gasteiger partial charge in [-0.2, -0.15) is 0 Å². The van der Waals surface area contributed by atoms with Gasteiger partial charge in [-0.15, -0.1) is 0 Å². The predicted molar refractivity (Wildman–Crippen MR) is 118 cm³/mol. The highest BCUT2D eigenvalue weighted by molar-refractivity contribution is 9.10. The van der Waals surface area contributed by atoms with E-state index in [1.165, 1.54) is 5.56 Å². The quantitative estimate of drug-likeness (QED) is 0.267. The van der Waals surface area contributed by atoms with E-state index in [0.29, 0.717) is 0 Å². The third-order valence-electron chi connectivity index (χ3n) is 4.82. The maximum absolute atomic E-state index is 4.68. The van der Waals surface area contributed by atoms with Gasteiger partial charge < -0.3 is 10.2 Å². The Labute approximate surface area is 174 Å². The average molecular weight is 484 g/mol. The van der Waals surface area contributed by atoms with Crippen molar-refractivity contribution < 1.29 is 0 Å². The summed E-state index contributed by atoms with van der Waals surface area (Å²) in [5.74, 6) is 0. The lowest BCUT2D eigenvalue weighted by molar-refractivity contribution is 0.992. The highest BCUT2D eigenvalue weighted by Crippen LogP contribution is 2.44. The third kappa shape index (κ3) is 2.66. The molecule has 0 saturated heterocycles. The van der Waals surface area contributed by atoms with Crippen LogP contribution in [0.2, 0.25) is 0 Å². The molecule has 5 rings (SSSR count). The summed E-state index contributed by atoms with van der Waals surface area (Å²) in [6, 6.07) is 23.0. The monoisotopic (exact) mass is 482 g/mol. The Bertz CT molecular complexity index is 1170. The molecule has 0 radical (unpaired) electrons. The number of hydrogen-bond donors (Lipinski definition) is 1. The van der Waals surface area contributed by atoms with E-state index in [9.17, 15) is 0 Å². The number of fused-ring (bicyclic) bond motifs is 2. The molecule has 4 aromatic rings. The molecule has 6 heteroatoms. The van der Waals surface area contributed by atoms with E-state index in [2.05, 4.69) is 101 Å². The van der Waals surface area contributed by atoms with E-state index in [1.54, 1.807) is 0 Å². The lowest BCUT2D eigenvalue weighted by Gasteiger charge is -2.26. The standard InChI is InChI=1S/C21H16Br2N4/c1-13-10-11-18(26-16-8-4-2-6-14(16)24-20(26)22)19(12-13)27-17-9-5-3-7-15(17)25-21(27)23/h2-12,21,25H,1H3. The van der Waals surface area contributed by atoms with Crippen LogP contribution in [0.4, 0.5) is 17.1 Å². The van der Waals surface area contributed by atoms with Gasteiger partial charge in [0.2, 0.25) is 0 Å². The summed E-state index contributed by atoms with van der Waals surface area (Å²) >= 11 is 7.45. The zero-order chi connectivity index (χ0) is 18.5. The molecule has 0 fully saturated rings. The second-order valence-corrected chi connectivity index (χ2v) is 8.14. The number of nitrogens with one attached hydrogen (secondary N) is 1. The van der Waals surface area contributed by atoms with Crippen LogP contribution in [-0.4, -0.2) is 14.6 Å². The van der Waals surface area contributed by atoms with Crippen molar-refractivity contribution in [2.24, 2.45) is 0 Å². The largest absolute Gasteiger partial charge is 0.354 e. The van der Waals surface area contributed by atoms with Gasteiger partial charge in [-0.25, -0.2) is 4.98 Å². The van der Waals surface area contributed by atoms with Crippen molar-refractivity contribution >= 4 is 60.0 Å². The zero-order valence-electron chi connectivity index (χ0n) is 14.5. The fourth-order valence-electron chi connectivity index (χ4n) is 3.61. The molecule has 1 atom stereocenters. The molecule has 1 N–H and O–H groups in total. The molecule has 0 spiro atoms. The summed E-state index contributed by atoms with van der Waals surface area (Å²) in [4.78, 5) is 6.95. The van der Waals surface area contributed by atoms with E-state index in [4.69, 9.17) is 0 Å². The number of benzene rings is 3. The fraction of sp³-hybridized carbons (Fsp3) is 0.0952. The molecular formula is C21H16Br2N4. The zero-order valence-corrected chi connectivity index (χ0v) is 17.7. The summed E-state index contributed by atoms with van der Waals surface area (Å²) in [6.45, 7) is 2.12. The normalized spacial score (nSPS) is 15.8. The first-order chi connectivity index (χ1) is 13.1. The molecule has 0 saturated carbocycles. The summed E-state index contributed by atoms with van der Waals surface area (Å²) in [6.07, 6.45) is 0. The van der Waals surface area contributed by atoms with Crippen molar-refractivity contribution in [1.29, 1.82) is 0 Å². The molecule has 0 amide bonds. The fourth-order valence-corrected chi connectivity index (χ4v) is 4.87. The number of nitrogens with zero attached hydrogens (tertiary/aromatic N) is 3. The number of anilines is 3. The van der Waals surface area contributed by atoms with Crippen LogP contribution in [0.25, 0.3) is 16.7 Å². The molecule has 4 nitrogen and oxygen atoms in total. The third-order valence-corrected chi connectivity index (χ3v) is 5.99. The molecule has 0 aliphatic carbocycles. The molecule has 0 bridgehead atoms. The van der Waals surface area contributed by atoms with Gasteiger partial charge in [0.25, 0.3) is 0 Å². The number of rotatable bonds is 2. The van der Waals surface area contributed by atoms with Crippen molar-refractivity contribution in [1.82, 2.24) is 9.55 Å². The van der Waals surface area contributed by atoms with Gasteiger partial charge in [-0.05, 0) is 80.7 Å². The first-order valence-electron chi connectivity index (χ1n) is 8.66. The molecule has 1 aliphatic heterocycles. The molecule has 134 valence electrons. The van der Waals surface area contributed by atoms with Crippen LogP contribution in [0.3, 0.4) is 0 Å². The minimum Gasteiger partial charge on any atom is -0.354 e. The van der Waals surface area contributed by atoms with Crippen molar-refractivity contribution in [2.45, 2.75) is 12.0 Å². The van der Waals surface area contributed by atoms with E-state index in [-0.39, 0.29) is 5.08 Å². The molecule has 1 aliphatic rings. The Morgan fingerprint density at radius 2 is 1.70 bits per heavy atom. The maximum Gasteiger partial charge on any atom is 0.182 e. The Balaban J connectivity index is 1.78. The van der Waals surface area contributed by atoms with Crippen molar-refractivity contribution in [3.05, 3.63) is 77.0 Å². The van der Waals surface area contributed by atoms with Crippen molar-refractivity contribution in [3.8, 4) is 5.69 Å². The van der Waals surface area contributed by atoms with E-state index in [0.717, 1.165) is 38.5 Å². The first-order valence-corrected chi connectivity index (χ1v) is 10.4. The van der Waals surface area contributed by atoms with Crippen LogP contribution in [0.15, 0.2) is 71.5 Å². The number of aromatic nitrogens is 2. The lowest BCUT2D eigenvalue weighted by atomic mass is 10.1. The maximum atomic E-state index is 4.68. The summed E-state index contributed by atoms with van der Waals surface area (Å²) in [5, 5.41) is 3.47. The van der Waals surface area contributed by atoms with E-state index in [1.807, 2.05) is 24.3 Å². The minimum atomic E-state index is -0.0241. The summed E-state index contributed by atoms with van der Waals surface area (Å²) in [5.41, 5.74) is 7.68. The Hall–Kier alpha value is -2.31. The number of alkyl halides is 1. The smallest absolute Gasteiger partial charge is 0.182 e. The number of para-hydroxylation sites is 4. The Kier molecular flexibility index (Phi) is 3.98. The van der Waals surface area contributed by atoms with Crippen LogP contribution in [0.5, 0.6) is 0 Å². The van der Waals surface area contributed by atoms with E-state index < -0.39 is 0 Å². The van der Waals surface area contributed by atoms with Crippen molar-refractivity contribution in [2.75, 3.05) is 10.2 Å². The molecule has 27 heavy (non-hydrogen) atoms. The number of halogens is 2. The molecule has 1 aromatic heterocycles. The minimum absolute atomic E-state index is 0.0241. The van der Waals surface area contributed by atoms with Gasteiger partial charge >= 0.3 is 0 Å². The van der Waals surface area contributed by atoms with Gasteiger partial charge in [-0.3, -0.25) is 4.57 Å². The van der Waals surface area contributed by atoms with Crippen LogP contribution in [-0.2, 0) is 0 Å². The van der Waals surface area contributed by atoms with Gasteiger partial charge in [0, 0.05) is 0 Å². The van der Waals surface area contributed by atoms with Gasteiger partial charge in [0.1, 0.15) is 0 Å². The average Bonchev–Trinajstić information content (AvgIpc) is 3.17. The van der Waals surface area contributed by atoms with E-state index >= 15 is 0 Å². The topological polar surface area (TPSA) is 33.1 Å². The lowest BCUT2D eigenvalue weighted by Crippen LogP contribution is -2.26. The number of hydrogen-bond acceptors (Lipinski definition) is 3. The second kappa shape index (κ2) is 6.39. The SMILES string of the molecule is Cc1ccc(-n2c(Br)nc3ccccc32)c(N2c3ccccc3NC2Br)c1. The Morgan fingerprint density at radius 1 is 0.926 bits per heavy atom. The van der Waals surface area contributed by atoms with Crippen molar-refractivity contribution in [3.63, 3.8) is 0 Å². The highest BCUT2D eigenvalue weighted by Gasteiger charge is 2.30. The number of aryl methyl sites for hydroxylation is 1. The van der Waals surface area contributed by atoms with Gasteiger partial charge in [-0.1, -0.05) is 30.3 Å². The van der Waals surface area contributed by atoms with Crippen LogP contribution in [0, 0.1) is 6.92 Å². The van der Waals surface area contributed by atoms with Crippen LogP contribution in [0.1, 0.15) is 5.56 Å². The highest BCUT2D eigenvalue weighted by atomic mass is 79.9. The number of imidazole rings is 1. The van der Waals surface area contributed by atoms with Crippen LogP contribution >= 0.6 is 31.9 Å².